The van der Waals surface area contributed by atoms with E-state index in [4.69, 9.17) is 20.9 Å². The van der Waals surface area contributed by atoms with E-state index in [0.717, 1.165) is 19.6 Å². The molecule has 4 heterocycles. The number of primary amides is 2. The molecule has 4 bridgehead atoms. The number of amides is 16. The van der Waals surface area contributed by atoms with Gasteiger partial charge in [-0.3, -0.25) is 67.1 Å². The Morgan fingerprint density at radius 3 is 1.02 bits per heavy atom. The lowest BCUT2D eigenvalue weighted by Gasteiger charge is -2.43. The molecule has 4 aromatic rings. The predicted octanol–water partition coefficient (Wildman–Crippen LogP) is 3.16. The van der Waals surface area contributed by atoms with E-state index in [0.29, 0.717) is 22.3 Å². The van der Waals surface area contributed by atoms with Crippen molar-refractivity contribution >= 4 is 106 Å². The van der Waals surface area contributed by atoms with Crippen LogP contribution in [0.2, 0.25) is 0 Å². The number of ketones is 2. The molecule has 18 atom stereocenters. The number of aliphatic hydroxyl groups excluding tert-OH is 2. The van der Waals surface area contributed by atoms with E-state index in [1.807, 2.05) is 0 Å². The van der Waals surface area contributed by atoms with Gasteiger partial charge in [0.25, 0.3) is 0 Å². The van der Waals surface area contributed by atoms with Gasteiger partial charge in [0, 0.05) is 89.4 Å². The Balaban J connectivity index is 0.000000381. The molecule has 0 aromatic heterocycles. The van der Waals surface area contributed by atoms with Crippen molar-refractivity contribution in [1.82, 2.24) is 72.8 Å². The molecule has 8 rings (SSSR count). The first kappa shape index (κ1) is 114. The zero-order chi connectivity index (χ0) is 104. The number of phenols is 2. The Labute approximate surface area is 817 Å². The number of hydrogen-bond donors (Lipinski definition) is 16. The predicted molar refractivity (Wildman–Crippen MR) is 513 cm³/mol. The summed E-state index contributed by atoms with van der Waals surface area (Å²) in [7, 11) is 2.74. The molecule has 0 radical (unpaired) electrons. The van der Waals surface area contributed by atoms with Crippen molar-refractivity contribution in [2.24, 2.45) is 58.8 Å². The molecule has 4 aliphatic heterocycles. The number of cyclic esters (lactones) is 2. The monoisotopic (exact) mass is 1950 g/mol. The highest BCUT2D eigenvalue weighted by Crippen LogP contribution is 2.31. The molecular formula is C100H144N16O24. The smallest absolute Gasteiger partial charge is 0.329 e. The number of esters is 2. The summed E-state index contributed by atoms with van der Waals surface area (Å²) in [6.07, 6.45) is -6.30. The van der Waals surface area contributed by atoms with Crippen molar-refractivity contribution in [1.29, 1.82) is 0 Å². The van der Waals surface area contributed by atoms with Crippen LogP contribution < -0.4 is 64.6 Å². The molecule has 4 saturated heterocycles. The maximum atomic E-state index is 15.0. The number of hydrogen-bond acceptors (Lipinski definition) is 24. The zero-order valence-corrected chi connectivity index (χ0v) is 82.9. The first-order valence-electron chi connectivity index (χ1n) is 48.1. The topological polar surface area (TPSA) is 592 Å². The molecule has 4 aromatic carbocycles. The third-order valence-electron chi connectivity index (χ3n) is 25.4. The quantitative estimate of drug-likeness (QED) is 0.0247. The van der Waals surface area contributed by atoms with E-state index in [9.17, 15) is 97.1 Å². The Morgan fingerprint density at radius 2 is 0.721 bits per heavy atom. The maximum Gasteiger partial charge on any atom is 0.329 e. The summed E-state index contributed by atoms with van der Waals surface area (Å²) in [6, 6.07) is 10.9. The fourth-order valence-electron chi connectivity index (χ4n) is 17.1. The second-order valence-corrected chi connectivity index (χ2v) is 38.8. The van der Waals surface area contributed by atoms with Gasteiger partial charge in [-0.2, -0.15) is 0 Å². The number of carbonyl (C=O) groups excluding carboxylic acids is 18. The number of ether oxygens (including phenoxy) is 2. The molecule has 40 nitrogen and oxygen atoms in total. The van der Waals surface area contributed by atoms with Gasteiger partial charge in [0.15, 0.2) is 0 Å². The first-order valence-corrected chi connectivity index (χ1v) is 48.1. The number of aromatic hydroxyl groups is 2. The van der Waals surface area contributed by atoms with E-state index in [1.54, 1.807) is 168 Å². The Morgan fingerprint density at radius 1 is 0.407 bits per heavy atom. The van der Waals surface area contributed by atoms with Crippen molar-refractivity contribution in [2.45, 2.75) is 297 Å². The zero-order valence-electron chi connectivity index (χ0n) is 82.9. The SMILES string of the molecule is CC(C)C[C@@H]1NC(=O)C(NC(=O)[C@H](CCCNC(N)=O)CC(=O)C(C)C)[C@H](C)OC(=O)[C@H](C(C)C)NC(=O)[C@H](Cc2ccc(O)cc2)N(C)C(=O)[C@H](Cc2ccccc2)N2C(=O)C(CC[C@@H]2O)NC1=O.CC(C)C[C@@H]1NC(=O)[C@@H](NC(=O)[C@H](CCCNC(N)=O)CC(=O)C(C)C)[C@@H](C)OC(=O)[C@H](C(C)C)NC(=O)[C@H](Cc2ccc(O)cc2)N(C)C(=O)[C@H](Cc2ccccc2)N2C(=O)C(CC[C@@H]2O)NC1=O. The van der Waals surface area contributed by atoms with Gasteiger partial charge in [-0.25, -0.2) is 19.2 Å². The number of benzene rings is 4. The summed E-state index contributed by atoms with van der Waals surface area (Å²) in [6.45, 7) is 23.3. The largest absolute Gasteiger partial charge is 0.508 e. The van der Waals surface area contributed by atoms with E-state index >= 15 is 9.59 Å². The highest BCUT2D eigenvalue weighted by Gasteiger charge is 2.50. The second-order valence-electron chi connectivity index (χ2n) is 38.8. The summed E-state index contributed by atoms with van der Waals surface area (Å²) < 4.78 is 11.8. The van der Waals surface area contributed by atoms with Crippen molar-refractivity contribution < 1.29 is 116 Å². The van der Waals surface area contributed by atoms with Crippen LogP contribution in [0.25, 0.3) is 0 Å². The van der Waals surface area contributed by atoms with Gasteiger partial charge < -0.3 is 114 Å². The lowest BCUT2D eigenvalue weighted by Crippen LogP contribution is -2.65. The normalized spacial score (nSPS) is 24.7. The molecular weight excluding hydrogens is 1810 g/mol. The van der Waals surface area contributed by atoms with Crippen molar-refractivity contribution in [3.63, 3.8) is 0 Å². The Kier molecular flexibility index (Phi) is 43.8. The minimum atomic E-state index is -1.68. The first-order chi connectivity index (χ1) is 66.0. The number of nitrogens with one attached hydrogen (secondary N) is 10. The van der Waals surface area contributed by atoms with Gasteiger partial charge in [-0.05, 0) is 148 Å². The van der Waals surface area contributed by atoms with Crippen molar-refractivity contribution in [2.75, 3.05) is 27.2 Å². The third-order valence-corrected chi connectivity index (χ3v) is 25.4. The maximum absolute atomic E-state index is 15.0. The number of rotatable bonds is 32. The van der Waals surface area contributed by atoms with E-state index in [1.165, 1.54) is 52.2 Å². The average molecular weight is 1950 g/mol. The molecule has 768 valence electrons. The number of Topliss-reactive ketones (excluding diaryl/α,β-unsaturated/α-hetero) is 2. The summed E-state index contributed by atoms with van der Waals surface area (Å²) >= 11 is 0. The molecule has 16 amide bonds. The average Bonchev–Trinajstić information content (AvgIpc) is 0.966. The van der Waals surface area contributed by atoms with Gasteiger partial charge >= 0.3 is 24.0 Å². The number of phenolic OH excluding ortho intramolecular Hbond substituents is 2. The number of carbonyl (C=O) groups is 18. The van der Waals surface area contributed by atoms with Crippen LogP contribution in [-0.4, -0.2) is 271 Å². The standard InChI is InChI=1S/2C50H72N8O12/c2*1-27(2)23-36-44(63)53-35-20-21-40(61)58(47(35)66)38(25-31-13-10-9-11-14-31)48(67)57(8)37(24-32-16-18-34(59)19-17-32)45(64)55-41(29(5)6)49(68)70-30(7)42(46(65)54-36)56-43(62)33(26-39(60)28(3)4)15-12-22-52-50(51)69/h2*9-11,13-14,16-19,27-30,33,35-38,40-42,59,61H,12,15,20-26H2,1-8H3,(H,53,63)(H,54,65)(H,55,64)(H,56,62)(H3,51,52,69)/t30-,33+,35?,36-,37-,38-,40-,41-,42?;30-,33-,35?,36+,37+,38+,40+,41+,42+/m01/s1. The van der Waals surface area contributed by atoms with Crippen LogP contribution in [0.5, 0.6) is 11.5 Å². The number of aliphatic hydroxyl groups is 2. The molecule has 0 spiro atoms. The highest BCUT2D eigenvalue weighted by atomic mass is 16.6. The number of urea groups is 2. The number of nitrogens with zero attached hydrogens (tertiary/aromatic N) is 4. The number of fused-ring (bicyclic) bond motifs is 4. The van der Waals surface area contributed by atoms with Gasteiger partial charge in [0.2, 0.25) is 70.9 Å². The third kappa shape index (κ3) is 33.6. The van der Waals surface area contributed by atoms with Gasteiger partial charge in [-0.1, -0.05) is 168 Å². The molecule has 0 aliphatic carbocycles. The number of piperidine rings is 2. The molecule has 0 saturated carbocycles. The van der Waals surface area contributed by atoms with Crippen LogP contribution in [0.3, 0.4) is 0 Å². The minimum absolute atomic E-state index is 0.0355. The van der Waals surface area contributed by atoms with Crippen LogP contribution in [-0.2, 0) is 112 Å². The van der Waals surface area contributed by atoms with E-state index < -0.39 is 228 Å². The molecule has 40 heteroatoms. The van der Waals surface area contributed by atoms with Crippen molar-refractivity contribution in [3.05, 3.63) is 131 Å². The van der Waals surface area contributed by atoms with Crippen LogP contribution in [0, 0.1) is 47.3 Å². The summed E-state index contributed by atoms with van der Waals surface area (Å²) in [5.41, 5.74) is 12.7. The summed E-state index contributed by atoms with van der Waals surface area (Å²) in [4.78, 5) is 257. The summed E-state index contributed by atoms with van der Waals surface area (Å²) in [5.74, 6) is -16.9. The van der Waals surface area contributed by atoms with Gasteiger partial charge in [0.05, 0.1) is 0 Å². The van der Waals surface area contributed by atoms with Crippen LogP contribution in [0.1, 0.15) is 196 Å². The van der Waals surface area contributed by atoms with Gasteiger partial charge in [0.1, 0.15) is 120 Å². The minimum Gasteiger partial charge on any atom is -0.508 e. The molecule has 3 unspecified atom stereocenters. The second kappa shape index (κ2) is 53.9. The molecule has 140 heavy (non-hydrogen) atoms. The van der Waals surface area contributed by atoms with Crippen molar-refractivity contribution in [3.8, 4) is 11.5 Å². The fourth-order valence-corrected chi connectivity index (χ4v) is 17.1. The Bertz CT molecular complexity index is 4640. The van der Waals surface area contributed by atoms with Crippen LogP contribution in [0.15, 0.2) is 109 Å². The van der Waals surface area contributed by atoms with E-state index in [2.05, 4.69) is 53.2 Å². The van der Waals surface area contributed by atoms with Gasteiger partial charge in [-0.15, -0.1) is 0 Å². The molecule has 18 N–H and O–H groups in total. The molecule has 4 aliphatic rings. The number of likely N-dealkylation sites (N-methyl/N-ethyl adjacent to an activating group) is 2. The number of nitrogens with two attached hydrogens (primary N) is 2. The van der Waals surface area contributed by atoms with Crippen LogP contribution >= 0.6 is 0 Å². The Hall–Kier alpha value is -13.1. The van der Waals surface area contributed by atoms with E-state index in [-0.39, 0.29) is 151 Å². The fraction of sp³-hybridized carbons (Fsp3) is 0.580. The summed E-state index contributed by atoms with van der Waals surface area (Å²) in [5, 5.41) is 69.8. The van der Waals surface area contributed by atoms with Crippen LogP contribution in [0.4, 0.5) is 9.59 Å². The lowest BCUT2D eigenvalue weighted by molar-refractivity contribution is -0.165. The highest BCUT2D eigenvalue weighted by molar-refractivity contribution is 6.01. The molecule has 4 fully saturated rings. The lowest BCUT2D eigenvalue weighted by atomic mass is 9.91.